The molecule has 0 unspecified atom stereocenters. The molecule has 0 N–H and O–H groups in total. The molecule has 0 aromatic carbocycles. The Balaban J connectivity index is 5.39. The highest BCUT2D eigenvalue weighted by atomic mass is 16.7. The molecule has 0 bridgehead atoms. The van der Waals surface area contributed by atoms with Gasteiger partial charge in [0.25, 0.3) is 0 Å². The van der Waals surface area contributed by atoms with Crippen LogP contribution in [0.2, 0.25) is 0 Å². The van der Waals surface area contributed by atoms with Crippen molar-refractivity contribution >= 4 is 12.3 Å². The van der Waals surface area contributed by atoms with Gasteiger partial charge in [-0.25, -0.2) is 0 Å². The lowest BCUT2D eigenvalue weighted by atomic mass is 9.96. The summed E-state index contributed by atoms with van der Waals surface area (Å²) < 4.78 is 41.6. The molecule has 0 fully saturated rings. The Morgan fingerprint density at radius 3 is 1.85 bits per heavy atom. The predicted octanol–water partition coefficient (Wildman–Crippen LogP) is 0.716. The fourth-order valence-corrected chi connectivity index (χ4v) is 2.25. The van der Waals surface area contributed by atoms with Crippen LogP contribution in [0.4, 0.5) is 0 Å². The molecule has 0 aliphatic carbocycles. The van der Waals surface area contributed by atoms with Gasteiger partial charge in [0.1, 0.15) is 32.8 Å². The maximum Gasteiger partial charge on any atom is 0.310 e. The molecule has 160 valence electrons. The highest BCUT2D eigenvalue weighted by molar-refractivity contribution is 5.70. The van der Waals surface area contributed by atoms with Gasteiger partial charge in [-0.1, -0.05) is 6.92 Å². The Morgan fingerprint density at radius 1 is 0.815 bits per heavy atom. The van der Waals surface area contributed by atoms with Crippen LogP contribution in [0, 0.1) is 5.92 Å². The number of esters is 1. The zero-order valence-corrected chi connectivity index (χ0v) is 16.7. The Morgan fingerprint density at radius 2 is 1.33 bits per heavy atom. The highest BCUT2D eigenvalue weighted by Gasteiger charge is 2.35. The number of carbonyl (C=O) groups excluding carboxylic acids is 2. The standard InChI is InChI=1S/C17H32O10/c1-13(8-18)6-14(24-9-20-2)17(27-12-23-5)15(25-10-21-3)7-16(19)26-11-22-4/h8,13-15,17H,6-7,9-12H2,1-5H3/t13-,14-,15+,17+/m0/s1. The third-order valence-electron chi connectivity index (χ3n) is 3.45. The van der Waals surface area contributed by atoms with Crippen LogP contribution in [0.25, 0.3) is 0 Å². The summed E-state index contributed by atoms with van der Waals surface area (Å²) in [4.78, 5) is 23.1. The SMILES string of the molecule is COCOC(=O)C[C@@H](OCOC)[C@H](OCOC)[C@H](C[C@H](C)C=O)OCOC. The number of hydrogen-bond donors (Lipinski definition) is 0. The van der Waals surface area contributed by atoms with Gasteiger partial charge < -0.3 is 42.7 Å². The van der Waals surface area contributed by atoms with Crippen molar-refractivity contribution in [3.05, 3.63) is 0 Å². The number of ether oxygens (including phenoxy) is 8. The molecule has 0 radical (unpaired) electrons. The van der Waals surface area contributed by atoms with E-state index in [0.29, 0.717) is 6.42 Å². The minimum atomic E-state index is -0.773. The first-order valence-electron chi connectivity index (χ1n) is 8.45. The van der Waals surface area contributed by atoms with E-state index in [1.54, 1.807) is 6.92 Å². The van der Waals surface area contributed by atoms with Crippen LogP contribution in [0.1, 0.15) is 19.8 Å². The van der Waals surface area contributed by atoms with E-state index in [4.69, 9.17) is 37.9 Å². The fraction of sp³-hybridized carbons (Fsp3) is 0.882. The second kappa shape index (κ2) is 17.0. The average Bonchev–Trinajstić information content (AvgIpc) is 2.67. The summed E-state index contributed by atoms with van der Waals surface area (Å²) in [5.74, 6) is -0.845. The van der Waals surface area contributed by atoms with Crippen LogP contribution in [0.3, 0.4) is 0 Å². The fourth-order valence-electron chi connectivity index (χ4n) is 2.25. The molecule has 0 saturated carbocycles. The highest BCUT2D eigenvalue weighted by Crippen LogP contribution is 2.21. The summed E-state index contributed by atoms with van der Waals surface area (Å²) in [7, 11) is 5.81. The molecule has 0 aromatic rings. The summed E-state index contributed by atoms with van der Waals surface area (Å²) in [5.41, 5.74) is 0. The van der Waals surface area contributed by atoms with E-state index in [0.717, 1.165) is 6.29 Å². The van der Waals surface area contributed by atoms with Crippen molar-refractivity contribution < 1.29 is 47.5 Å². The molecule has 0 amide bonds. The molecular weight excluding hydrogens is 364 g/mol. The molecule has 10 nitrogen and oxygen atoms in total. The molecule has 0 aromatic heterocycles. The zero-order valence-electron chi connectivity index (χ0n) is 16.7. The molecule has 0 spiro atoms. The maximum atomic E-state index is 12.0. The lowest BCUT2D eigenvalue weighted by Crippen LogP contribution is -2.45. The van der Waals surface area contributed by atoms with Crippen molar-refractivity contribution in [1.29, 1.82) is 0 Å². The molecule has 0 heterocycles. The number of carbonyl (C=O) groups is 2. The van der Waals surface area contributed by atoms with Gasteiger partial charge in [-0.3, -0.25) is 4.79 Å². The van der Waals surface area contributed by atoms with Crippen LogP contribution in [-0.2, 0) is 47.5 Å². The van der Waals surface area contributed by atoms with Crippen molar-refractivity contribution in [3.8, 4) is 0 Å². The van der Waals surface area contributed by atoms with Crippen molar-refractivity contribution in [2.75, 3.05) is 55.6 Å². The first-order chi connectivity index (χ1) is 13.0. The first-order valence-corrected chi connectivity index (χ1v) is 8.45. The third kappa shape index (κ3) is 12.0. The van der Waals surface area contributed by atoms with E-state index in [2.05, 4.69) is 0 Å². The number of rotatable bonds is 18. The summed E-state index contributed by atoms with van der Waals surface area (Å²) >= 11 is 0. The summed E-state index contributed by atoms with van der Waals surface area (Å²) in [5, 5.41) is 0. The van der Waals surface area contributed by atoms with E-state index < -0.39 is 24.3 Å². The molecule has 4 atom stereocenters. The van der Waals surface area contributed by atoms with Crippen molar-refractivity contribution in [1.82, 2.24) is 0 Å². The van der Waals surface area contributed by atoms with Crippen molar-refractivity contribution in [3.63, 3.8) is 0 Å². The van der Waals surface area contributed by atoms with Gasteiger partial charge in [0.05, 0.1) is 18.6 Å². The molecule has 27 heavy (non-hydrogen) atoms. The van der Waals surface area contributed by atoms with E-state index in [9.17, 15) is 9.59 Å². The van der Waals surface area contributed by atoms with Gasteiger partial charge in [-0.15, -0.1) is 0 Å². The Hall–Kier alpha value is -1.14. The van der Waals surface area contributed by atoms with Crippen molar-refractivity contribution in [2.24, 2.45) is 5.92 Å². The largest absolute Gasteiger partial charge is 0.438 e. The van der Waals surface area contributed by atoms with E-state index in [1.807, 2.05) is 0 Å². The van der Waals surface area contributed by atoms with Gasteiger partial charge in [0.2, 0.25) is 0 Å². The van der Waals surface area contributed by atoms with Gasteiger partial charge in [-0.05, 0) is 6.42 Å². The van der Waals surface area contributed by atoms with Gasteiger partial charge in [0, 0.05) is 34.4 Å². The minimum absolute atomic E-state index is 0.0196. The lowest BCUT2D eigenvalue weighted by molar-refractivity contribution is -0.214. The third-order valence-corrected chi connectivity index (χ3v) is 3.45. The lowest BCUT2D eigenvalue weighted by Gasteiger charge is -2.33. The number of aldehydes is 1. The van der Waals surface area contributed by atoms with Crippen molar-refractivity contribution in [2.45, 2.75) is 38.1 Å². The van der Waals surface area contributed by atoms with Crippen LogP contribution < -0.4 is 0 Å². The first kappa shape index (κ1) is 25.9. The van der Waals surface area contributed by atoms with Gasteiger partial charge in [0.15, 0.2) is 6.79 Å². The molecule has 0 aliphatic heterocycles. The predicted molar refractivity (Wildman–Crippen MR) is 92.7 cm³/mol. The Kier molecular flexibility index (Phi) is 16.3. The van der Waals surface area contributed by atoms with Crippen LogP contribution in [0.5, 0.6) is 0 Å². The quantitative estimate of drug-likeness (QED) is 0.187. The maximum absolute atomic E-state index is 12.0. The molecule has 0 saturated heterocycles. The molecule has 0 rings (SSSR count). The van der Waals surface area contributed by atoms with Gasteiger partial charge >= 0.3 is 5.97 Å². The second-order valence-electron chi connectivity index (χ2n) is 5.74. The smallest absolute Gasteiger partial charge is 0.310 e. The second-order valence-corrected chi connectivity index (χ2v) is 5.74. The minimum Gasteiger partial charge on any atom is -0.438 e. The molecular formula is C17H32O10. The Bertz CT molecular complexity index is 379. The van der Waals surface area contributed by atoms with E-state index in [1.165, 1.54) is 28.4 Å². The van der Waals surface area contributed by atoms with Crippen LogP contribution in [0.15, 0.2) is 0 Å². The average molecular weight is 396 g/mol. The molecule has 0 aliphatic rings. The summed E-state index contributed by atoms with van der Waals surface area (Å²) in [6.07, 6.45) is -1.10. The van der Waals surface area contributed by atoms with Crippen LogP contribution >= 0.6 is 0 Å². The number of hydrogen-bond acceptors (Lipinski definition) is 10. The van der Waals surface area contributed by atoms with Gasteiger partial charge in [-0.2, -0.15) is 0 Å². The van der Waals surface area contributed by atoms with E-state index in [-0.39, 0.29) is 39.5 Å². The molecule has 10 heteroatoms. The zero-order chi connectivity index (χ0) is 20.5. The van der Waals surface area contributed by atoms with E-state index >= 15 is 0 Å². The normalized spacial score (nSPS) is 15.7. The Labute approximate surface area is 160 Å². The monoisotopic (exact) mass is 396 g/mol. The summed E-state index contributed by atoms with van der Waals surface area (Å²) in [6, 6.07) is 0. The summed E-state index contributed by atoms with van der Waals surface area (Å²) in [6.45, 7) is 1.42. The topological polar surface area (TPSA) is 108 Å². The number of methoxy groups -OCH3 is 4. The van der Waals surface area contributed by atoms with Crippen LogP contribution in [-0.4, -0.2) is 86.2 Å².